The van der Waals surface area contributed by atoms with Crippen LogP contribution in [-0.2, 0) is 4.79 Å². The maximum absolute atomic E-state index is 11.1. The van der Waals surface area contributed by atoms with Crippen LogP contribution in [0.3, 0.4) is 0 Å². The summed E-state index contributed by atoms with van der Waals surface area (Å²) in [5.41, 5.74) is 0.329. The first kappa shape index (κ1) is 18.9. The second-order valence-electron chi connectivity index (χ2n) is 10.5. The first-order chi connectivity index (χ1) is 12.5. The predicted molar refractivity (Wildman–Crippen MR) is 102 cm³/mol. The molecule has 4 rings (SSSR count). The van der Waals surface area contributed by atoms with Gasteiger partial charge in [-0.3, -0.25) is 0 Å². The number of aldehydes is 1. The van der Waals surface area contributed by atoms with Crippen LogP contribution in [0.2, 0.25) is 0 Å². The van der Waals surface area contributed by atoms with Gasteiger partial charge < -0.3 is 15.0 Å². The zero-order valence-corrected chi connectivity index (χ0v) is 16.6. The Bertz CT molecular complexity index is 520. The summed E-state index contributed by atoms with van der Waals surface area (Å²) in [4.78, 5) is 10.8. The van der Waals surface area contributed by atoms with E-state index in [2.05, 4.69) is 13.8 Å². The van der Waals surface area contributed by atoms with Crippen molar-refractivity contribution in [1.29, 1.82) is 0 Å². The average Bonchev–Trinajstić information content (AvgIpc) is 3.05. The van der Waals surface area contributed by atoms with Gasteiger partial charge >= 0.3 is 0 Å². The van der Waals surface area contributed by atoms with Gasteiger partial charge in [-0.15, -0.1) is 0 Å². The van der Waals surface area contributed by atoms with E-state index in [1.54, 1.807) is 0 Å². The summed E-state index contributed by atoms with van der Waals surface area (Å²) in [6, 6.07) is 0. The molecule has 0 amide bonds. The molecular formula is C23H38O3. The molecule has 4 aliphatic rings. The lowest BCUT2D eigenvalue weighted by molar-refractivity contribution is -0.158. The van der Waals surface area contributed by atoms with Gasteiger partial charge in [-0.2, -0.15) is 0 Å². The zero-order chi connectivity index (χ0) is 18.5. The Morgan fingerprint density at radius 3 is 2.62 bits per heavy atom. The lowest BCUT2D eigenvalue weighted by Gasteiger charge is -2.60. The van der Waals surface area contributed by atoms with Crippen LogP contribution < -0.4 is 0 Å². The molecule has 4 saturated carbocycles. The van der Waals surface area contributed by atoms with Crippen molar-refractivity contribution < 1.29 is 15.0 Å². The van der Waals surface area contributed by atoms with E-state index in [0.717, 1.165) is 50.2 Å². The van der Waals surface area contributed by atoms with E-state index in [1.165, 1.54) is 25.7 Å². The Hall–Kier alpha value is -0.410. The molecule has 0 heterocycles. The highest BCUT2D eigenvalue weighted by Crippen LogP contribution is 2.64. The molecule has 3 heteroatoms. The number of aliphatic hydroxyl groups is 2. The number of fused-ring (bicyclic) bond motifs is 5. The van der Waals surface area contributed by atoms with Gasteiger partial charge in [-0.1, -0.05) is 13.8 Å². The highest BCUT2D eigenvalue weighted by atomic mass is 16.3. The molecule has 0 aliphatic heterocycles. The maximum atomic E-state index is 11.1. The fraction of sp³-hybridized carbons (Fsp3) is 0.957. The number of carbonyl (C=O) groups excluding carboxylic acids is 1. The Morgan fingerprint density at radius 2 is 1.85 bits per heavy atom. The normalized spacial score (nSPS) is 51.8. The summed E-state index contributed by atoms with van der Waals surface area (Å²) in [7, 11) is 0. The summed E-state index contributed by atoms with van der Waals surface area (Å²) in [6.45, 7) is 4.83. The molecule has 4 fully saturated rings. The maximum Gasteiger partial charge on any atom is 0.120 e. The molecule has 0 saturated heterocycles. The number of hydrogen-bond donors (Lipinski definition) is 2. The molecule has 0 aromatic carbocycles. The van der Waals surface area contributed by atoms with E-state index in [4.69, 9.17) is 0 Å². The van der Waals surface area contributed by atoms with Crippen LogP contribution in [0.4, 0.5) is 0 Å². The van der Waals surface area contributed by atoms with Crippen molar-refractivity contribution in [3.8, 4) is 0 Å². The average molecular weight is 363 g/mol. The molecule has 4 aliphatic carbocycles. The molecule has 0 aromatic rings. The van der Waals surface area contributed by atoms with E-state index < -0.39 is 0 Å². The first-order valence-corrected chi connectivity index (χ1v) is 11.3. The van der Waals surface area contributed by atoms with Crippen LogP contribution in [0.15, 0.2) is 0 Å². The molecule has 148 valence electrons. The van der Waals surface area contributed by atoms with Gasteiger partial charge in [0.05, 0.1) is 12.2 Å². The number of rotatable bonds is 4. The molecule has 0 aromatic heterocycles. The molecule has 0 spiro atoms. The summed E-state index contributed by atoms with van der Waals surface area (Å²) >= 11 is 0. The van der Waals surface area contributed by atoms with E-state index in [0.29, 0.717) is 41.4 Å². The van der Waals surface area contributed by atoms with Gasteiger partial charge in [0.2, 0.25) is 0 Å². The molecule has 0 bridgehead atoms. The van der Waals surface area contributed by atoms with Gasteiger partial charge in [-0.25, -0.2) is 0 Å². The summed E-state index contributed by atoms with van der Waals surface area (Å²) < 4.78 is 0. The Labute approximate surface area is 158 Å². The smallest absolute Gasteiger partial charge is 0.120 e. The number of hydrogen-bond acceptors (Lipinski definition) is 3. The van der Waals surface area contributed by atoms with Crippen LogP contribution in [0.1, 0.15) is 78.1 Å². The van der Waals surface area contributed by atoms with E-state index in [1.807, 2.05) is 0 Å². The minimum absolute atomic E-state index is 0.150. The minimum Gasteiger partial charge on any atom is -0.393 e. The SMILES string of the molecule is CC(CCC=O)C1CCC2C1CCC1C2C(O)CC2CC(O)CCC21C. The van der Waals surface area contributed by atoms with Gasteiger partial charge in [0, 0.05) is 6.42 Å². The Morgan fingerprint density at radius 1 is 1.08 bits per heavy atom. The van der Waals surface area contributed by atoms with Crippen molar-refractivity contribution >= 4 is 6.29 Å². The molecule has 10 atom stereocenters. The summed E-state index contributed by atoms with van der Waals surface area (Å²) in [5.74, 6) is 4.48. The Kier molecular flexibility index (Phi) is 5.24. The van der Waals surface area contributed by atoms with Crippen molar-refractivity contribution in [2.45, 2.75) is 90.3 Å². The zero-order valence-electron chi connectivity index (χ0n) is 16.6. The third kappa shape index (κ3) is 2.98. The van der Waals surface area contributed by atoms with Crippen molar-refractivity contribution in [3.63, 3.8) is 0 Å². The minimum atomic E-state index is -0.166. The monoisotopic (exact) mass is 362 g/mol. The van der Waals surface area contributed by atoms with Gasteiger partial charge in [-0.05, 0) is 105 Å². The van der Waals surface area contributed by atoms with Crippen LogP contribution in [0.5, 0.6) is 0 Å². The van der Waals surface area contributed by atoms with Crippen molar-refractivity contribution in [2.24, 2.45) is 46.8 Å². The first-order valence-electron chi connectivity index (χ1n) is 11.3. The van der Waals surface area contributed by atoms with Crippen LogP contribution in [0, 0.1) is 46.8 Å². The Balaban J connectivity index is 1.52. The van der Waals surface area contributed by atoms with E-state index in [9.17, 15) is 15.0 Å². The molecule has 0 radical (unpaired) electrons. The molecule has 26 heavy (non-hydrogen) atoms. The van der Waals surface area contributed by atoms with E-state index >= 15 is 0 Å². The highest BCUT2D eigenvalue weighted by Gasteiger charge is 2.59. The number of carbonyl (C=O) groups is 1. The molecule has 10 unspecified atom stereocenters. The van der Waals surface area contributed by atoms with Crippen molar-refractivity contribution in [1.82, 2.24) is 0 Å². The second kappa shape index (κ2) is 7.20. The van der Waals surface area contributed by atoms with Gasteiger partial charge in [0.25, 0.3) is 0 Å². The molecule has 3 nitrogen and oxygen atoms in total. The quantitative estimate of drug-likeness (QED) is 0.737. The summed E-state index contributed by atoms with van der Waals surface area (Å²) in [6.07, 6.45) is 11.5. The molecule has 2 N–H and O–H groups in total. The van der Waals surface area contributed by atoms with Crippen LogP contribution in [0.25, 0.3) is 0 Å². The third-order valence-corrected chi connectivity index (χ3v) is 9.50. The van der Waals surface area contributed by atoms with Crippen molar-refractivity contribution in [2.75, 3.05) is 0 Å². The molecular weight excluding hydrogens is 324 g/mol. The summed E-state index contributed by atoms with van der Waals surface area (Å²) in [5, 5.41) is 21.3. The highest BCUT2D eigenvalue weighted by molar-refractivity contribution is 5.49. The second-order valence-corrected chi connectivity index (χ2v) is 10.5. The topological polar surface area (TPSA) is 57.5 Å². The lowest BCUT2D eigenvalue weighted by Crippen LogP contribution is -2.56. The number of aliphatic hydroxyl groups excluding tert-OH is 2. The van der Waals surface area contributed by atoms with Crippen molar-refractivity contribution in [3.05, 3.63) is 0 Å². The fourth-order valence-electron chi connectivity index (χ4n) is 8.17. The van der Waals surface area contributed by atoms with Gasteiger partial charge in [0.15, 0.2) is 0 Å². The van der Waals surface area contributed by atoms with E-state index in [-0.39, 0.29) is 12.2 Å². The van der Waals surface area contributed by atoms with Crippen LogP contribution >= 0.6 is 0 Å². The fourth-order valence-corrected chi connectivity index (χ4v) is 8.17. The van der Waals surface area contributed by atoms with Crippen LogP contribution in [-0.4, -0.2) is 28.7 Å². The lowest BCUT2D eigenvalue weighted by atomic mass is 9.46. The predicted octanol–water partition coefficient (Wildman–Crippen LogP) is 4.20. The standard InChI is InChI=1S/C23H38O3/c1-14(4-3-11-24)17-5-6-19-18(17)7-8-20-22(19)21(26)13-15-12-16(25)9-10-23(15,20)2/h11,14-22,25-26H,3-10,12-13H2,1-2H3. The third-order valence-electron chi connectivity index (χ3n) is 9.50. The van der Waals surface area contributed by atoms with Gasteiger partial charge in [0.1, 0.15) is 6.29 Å². The largest absolute Gasteiger partial charge is 0.393 e.